The molecule has 0 spiro atoms. The van der Waals surface area contributed by atoms with Gasteiger partial charge in [0.2, 0.25) is 11.8 Å². The number of aliphatic hydroxyl groups is 2. The minimum absolute atomic E-state index is 0.381. The topological polar surface area (TPSA) is 187 Å². The number of primary amides is 1. The number of carboxylic acids is 2. The van der Waals surface area contributed by atoms with Crippen LogP contribution in [0.3, 0.4) is 0 Å². The molecular formula is C15H17FN2O8. The largest absolute Gasteiger partial charge is 0.479 e. The van der Waals surface area contributed by atoms with Crippen LogP contribution in [0.25, 0.3) is 0 Å². The highest BCUT2D eigenvalue weighted by Gasteiger charge is 2.55. The predicted octanol–water partition coefficient (Wildman–Crippen LogP) is -1.09. The van der Waals surface area contributed by atoms with Crippen molar-refractivity contribution in [3.05, 3.63) is 30.1 Å². The van der Waals surface area contributed by atoms with Gasteiger partial charge in [-0.25, -0.2) is 14.0 Å². The van der Waals surface area contributed by atoms with E-state index in [1.807, 2.05) is 0 Å². The Morgan fingerprint density at radius 2 is 1.42 bits per heavy atom. The van der Waals surface area contributed by atoms with Crippen LogP contribution in [0.15, 0.2) is 24.3 Å². The van der Waals surface area contributed by atoms with Crippen LogP contribution in [0.1, 0.15) is 12.8 Å². The van der Waals surface area contributed by atoms with Gasteiger partial charge in [0.1, 0.15) is 11.2 Å². The van der Waals surface area contributed by atoms with Crippen LogP contribution >= 0.6 is 0 Å². The Balaban J connectivity index is 0.000000294. The molecule has 1 saturated carbocycles. The van der Waals surface area contributed by atoms with E-state index in [1.165, 1.54) is 24.3 Å². The van der Waals surface area contributed by atoms with Gasteiger partial charge in [0, 0.05) is 5.69 Å². The molecule has 7 N–H and O–H groups in total. The molecule has 1 aliphatic rings. The number of carbonyl (C=O) groups is 4. The lowest BCUT2D eigenvalue weighted by atomic mass is 10.1. The fraction of sp³-hybridized carbons (Fsp3) is 0.333. The van der Waals surface area contributed by atoms with Crippen molar-refractivity contribution in [3.63, 3.8) is 0 Å². The second-order valence-corrected chi connectivity index (χ2v) is 5.47. The van der Waals surface area contributed by atoms with Crippen molar-refractivity contribution in [1.29, 1.82) is 0 Å². The summed E-state index contributed by atoms with van der Waals surface area (Å²) < 4.78 is 12.6. The summed E-state index contributed by atoms with van der Waals surface area (Å²) >= 11 is 0. The number of aliphatic hydroxyl groups excluding tert-OH is 2. The van der Waals surface area contributed by atoms with Crippen LogP contribution < -0.4 is 11.1 Å². The molecular weight excluding hydrogens is 355 g/mol. The first-order chi connectivity index (χ1) is 12.0. The number of amides is 2. The summed E-state index contributed by atoms with van der Waals surface area (Å²) in [5, 5.41) is 35.1. The van der Waals surface area contributed by atoms with Crippen LogP contribution in [0.2, 0.25) is 0 Å². The van der Waals surface area contributed by atoms with Crippen LogP contribution in [0.4, 0.5) is 10.1 Å². The number of carboxylic acid groups (broad SMARTS) is 2. The number of hydrogen-bond donors (Lipinski definition) is 6. The monoisotopic (exact) mass is 372 g/mol. The van der Waals surface area contributed by atoms with Gasteiger partial charge in [-0.15, -0.1) is 0 Å². The van der Waals surface area contributed by atoms with Gasteiger partial charge in [0.25, 0.3) is 0 Å². The Hall–Kier alpha value is -3.05. The van der Waals surface area contributed by atoms with E-state index in [0.717, 1.165) is 0 Å². The molecule has 1 aromatic carbocycles. The van der Waals surface area contributed by atoms with E-state index in [-0.39, 0.29) is 5.82 Å². The molecule has 0 saturated heterocycles. The maximum atomic E-state index is 12.6. The van der Waals surface area contributed by atoms with Gasteiger partial charge in [-0.1, -0.05) is 0 Å². The number of rotatable bonds is 6. The molecule has 11 heteroatoms. The SMILES string of the molecule is NC(=O)C1(C(=O)Nc2ccc(F)cc2)CC1.O=C(O)C(O)C(O)C(=O)O. The molecule has 1 fully saturated rings. The van der Waals surface area contributed by atoms with E-state index in [9.17, 15) is 23.6 Å². The molecule has 0 aliphatic heterocycles. The number of anilines is 1. The third-order valence-corrected chi connectivity index (χ3v) is 3.56. The summed E-state index contributed by atoms with van der Waals surface area (Å²) in [5.41, 5.74) is 4.56. The lowest BCUT2D eigenvalue weighted by Gasteiger charge is -2.11. The molecule has 10 nitrogen and oxygen atoms in total. The average Bonchev–Trinajstić information content (AvgIpc) is 3.38. The number of aliphatic carboxylic acids is 2. The van der Waals surface area contributed by atoms with E-state index in [0.29, 0.717) is 18.5 Å². The lowest BCUT2D eigenvalue weighted by Crippen LogP contribution is -2.39. The summed E-state index contributed by atoms with van der Waals surface area (Å²) in [6.45, 7) is 0. The fourth-order valence-electron chi connectivity index (χ4n) is 1.76. The van der Waals surface area contributed by atoms with Gasteiger partial charge >= 0.3 is 11.9 Å². The van der Waals surface area contributed by atoms with E-state index in [4.69, 9.17) is 26.2 Å². The Labute approximate surface area is 146 Å². The van der Waals surface area contributed by atoms with Gasteiger partial charge in [0.05, 0.1) is 0 Å². The molecule has 0 heterocycles. The van der Waals surface area contributed by atoms with Crippen molar-refractivity contribution in [1.82, 2.24) is 0 Å². The molecule has 0 radical (unpaired) electrons. The van der Waals surface area contributed by atoms with Crippen molar-refractivity contribution in [2.75, 3.05) is 5.32 Å². The third-order valence-electron chi connectivity index (χ3n) is 3.56. The molecule has 1 aliphatic carbocycles. The highest BCUT2D eigenvalue weighted by Crippen LogP contribution is 2.46. The van der Waals surface area contributed by atoms with Crippen molar-refractivity contribution in [2.24, 2.45) is 11.1 Å². The van der Waals surface area contributed by atoms with Crippen LogP contribution in [-0.2, 0) is 19.2 Å². The lowest BCUT2D eigenvalue weighted by molar-refractivity contribution is -0.165. The van der Waals surface area contributed by atoms with Gasteiger partial charge < -0.3 is 31.5 Å². The third kappa shape index (κ3) is 5.22. The normalized spacial score (nSPS) is 16.3. The summed E-state index contributed by atoms with van der Waals surface area (Å²) in [7, 11) is 0. The summed E-state index contributed by atoms with van der Waals surface area (Å²) in [6.07, 6.45) is -3.57. The molecule has 2 amide bonds. The Morgan fingerprint density at radius 3 is 1.73 bits per heavy atom. The Kier molecular flexibility index (Phi) is 6.75. The first-order valence-corrected chi connectivity index (χ1v) is 7.20. The van der Waals surface area contributed by atoms with Gasteiger partial charge in [-0.2, -0.15) is 0 Å². The van der Waals surface area contributed by atoms with E-state index in [1.54, 1.807) is 0 Å². The molecule has 0 bridgehead atoms. The van der Waals surface area contributed by atoms with Gasteiger partial charge in [-0.3, -0.25) is 9.59 Å². The Bertz CT molecular complexity index is 684. The van der Waals surface area contributed by atoms with Gasteiger partial charge in [0.15, 0.2) is 12.2 Å². The van der Waals surface area contributed by atoms with Gasteiger partial charge in [-0.05, 0) is 37.1 Å². The smallest absolute Gasteiger partial charge is 0.335 e. The number of carbonyl (C=O) groups excluding carboxylic acids is 2. The first kappa shape index (κ1) is 21.0. The second kappa shape index (κ2) is 8.36. The molecule has 2 rings (SSSR count). The highest BCUT2D eigenvalue weighted by molar-refractivity contribution is 6.12. The molecule has 1 aromatic rings. The standard InChI is InChI=1S/C11H11FN2O2.C4H6O6/c12-7-1-3-8(4-2-7)14-10(16)11(5-6-11)9(13)15;5-1(3(7)8)2(6)4(9)10/h1-4H,5-6H2,(H2,13,15)(H,14,16);1-2,5-6H,(H,7,8)(H,9,10). The van der Waals surface area contributed by atoms with E-state index in [2.05, 4.69) is 5.32 Å². The number of hydrogen-bond acceptors (Lipinski definition) is 6. The van der Waals surface area contributed by atoms with Crippen LogP contribution in [0, 0.1) is 11.2 Å². The number of nitrogens with two attached hydrogens (primary N) is 1. The van der Waals surface area contributed by atoms with Crippen molar-refractivity contribution in [3.8, 4) is 0 Å². The van der Waals surface area contributed by atoms with E-state index < -0.39 is 41.4 Å². The zero-order valence-corrected chi connectivity index (χ0v) is 13.3. The van der Waals surface area contributed by atoms with Crippen LogP contribution in [-0.4, -0.2) is 56.4 Å². The first-order valence-electron chi connectivity index (χ1n) is 7.20. The van der Waals surface area contributed by atoms with Crippen molar-refractivity contribution in [2.45, 2.75) is 25.0 Å². The maximum absolute atomic E-state index is 12.6. The summed E-state index contributed by atoms with van der Waals surface area (Å²) in [5.74, 6) is -4.93. The van der Waals surface area contributed by atoms with Crippen LogP contribution in [0.5, 0.6) is 0 Å². The molecule has 0 aromatic heterocycles. The zero-order valence-electron chi connectivity index (χ0n) is 13.3. The minimum Gasteiger partial charge on any atom is -0.479 e. The maximum Gasteiger partial charge on any atom is 0.335 e. The van der Waals surface area contributed by atoms with Crippen molar-refractivity contribution < 1.29 is 44.0 Å². The molecule has 26 heavy (non-hydrogen) atoms. The average molecular weight is 372 g/mol. The number of nitrogens with one attached hydrogen (secondary N) is 1. The summed E-state index contributed by atoms with van der Waals surface area (Å²) in [4.78, 5) is 42.3. The zero-order chi connectivity index (χ0) is 20.1. The molecule has 2 unspecified atom stereocenters. The quantitative estimate of drug-likeness (QED) is 0.340. The Morgan fingerprint density at radius 1 is 1.00 bits per heavy atom. The fourth-order valence-corrected chi connectivity index (χ4v) is 1.76. The minimum atomic E-state index is -2.27. The molecule has 2 atom stereocenters. The van der Waals surface area contributed by atoms with E-state index >= 15 is 0 Å². The summed E-state index contributed by atoms with van der Waals surface area (Å²) in [6, 6.07) is 5.34. The molecule has 142 valence electrons. The number of halogens is 1. The van der Waals surface area contributed by atoms with Crippen molar-refractivity contribution >= 4 is 29.4 Å². The predicted molar refractivity (Wildman–Crippen MR) is 83.2 cm³/mol. The highest BCUT2D eigenvalue weighted by atomic mass is 19.1. The second-order valence-electron chi connectivity index (χ2n) is 5.47. The number of benzene rings is 1.